The van der Waals surface area contributed by atoms with Crippen LogP contribution >= 0.6 is 0 Å². The molecule has 0 amide bonds. The molecule has 0 unspecified atom stereocenters. The Kier molecular flexibility index (Phi) is 8.81. The fraction of sp³-hybridized carbons (Fsp3) is 0.200. The molecule has 2 heterocycles. The van der Waals surface area contributed by atoms with Crippen LogP contribution < -0.4 is 4.90 Å². The van der Waals surface area contributed by atoms with Gasteiger partial charge < -0.3 is 15.1 Å². The number of aromatic nitrogens is 2. The second-order valence-electron chi connectivity index (χ2n) is 7.50. The van der Waals surface area contributed by atoms with Crippen molar-refractivity contribution in [1.29, 1.82) is 0 Å². The fourth-order valence-electron chi connectivity index (χ4n) is 3.49. The zero-order valence-electron chi connectivity index (χ0n) is 18.4. The highest BCUT2D eigenvalue weighted by Crippen LogP contribution is 2.24. The van der Waals surface area contributed by atoms with E-state index in [-0.39, 0.29) is 5.82 Å². The molecule has 1 aromatic heterocycles. The lowest BCUT2D eigenvalue weighted by molar-refractivity contribution is -0.134. The molecule has 2 aromatic carbocycles. The van der Waals surface area contributed by atoms with Crippen LogP contribution in [0.15, 0.2) is 79.1 Å². The minimum atomic E-state index is -1.26. The van der Waals surface area contributed by atoms with Crippen LogP contribution in [-0.2, 0) is 16.1 Å². The van der Waals surface area contributed by atoms with Gasteiger partial charge in [-0.2, -0.15) is 0 Å². The lowest BCUT2D eigenvalue weighted by Crippen LogP contribution is -2.46. The van der Waals surface area contributed by atoms with Gasteiger partial charge in [-0.25, -0.2) is 23.9 Å². The van der Waals surface area contributed by atoms with Crippen LogP contribution in [0.2, 0.25) is 0 Å². The first kappa shape index (κ1) is 24.5. The zero-order chi connectivity index (χ0) is 24.3. The Hall–Kier alpha value is -4.11. The first-order valence-corrected chi connectivity index (χ1v) is 10.6. The van der Waals surface area contributed by atoms with E-state index in [1.54, 1.807) is 18.5 Å². The molecule has 1 aliphatic rings. The average molecular weight is 464 g/mol. The standard InChI is InChI=1S/C21H21FN4.C4H4O4/c22-20-8-2-1-7-19(20)18-6-3-5-17(15-18)16-25-11-13-26(14-12-25)21-23-9-4-10-24-21;5-3(6)1-2-4(7)8/h1-10,15H,11-14,16H2;1-2H,(H,5,6)(H,7,8)/b;2-1-. The Morgan fingerprint density at radius 2 is 1.53 bits per heavy atom. The van der Waals surface area contributed by atoms with E-state index >= 15 is 0 Å². The summed E-state index contributed by atoms with van der Waals surface area (Å²) in [4.78, 5) is 32.4. The van der Waals surface area contributed by atoms with Crippen molar-refractivity contribution in [3.63, 3.8) is 0 Å². The summed E-state index contributed by atoms with van der Waals surface area (Å²) in [6, 6.07) is 16.9. The third kappa shape index (κ3) is 7.49. The Morgan fingerprint density at radius 3 is 2.15 bits per heavy atom. The smallest absolute Gasteiger partial charge is 0.328 e. The van der Waals surface area contributed by atoms with E-state index < -0.39 is 11.9 Å². The predicted molar refractivity (Wildman–Crippen MR) is 126 cm³/mol. The van der Waals surface area contributed by atoms with Crippen molar-refractivity contribution >= 4 is 17.9 Å². The largest absolute Gasteiger partial charge is 0.478 e. The average Bonchev–Trinajstić information content (AvgIpc) is 2.85. The number of hydrogen-bond acceptors (Lipinski definition) is 6. The van der Waals surface area contributed by atoms with E-state index in [2.05, 4.69) is 31.9 Å². The molecular weight excluding hydrogens is 439 g/mol. The number of halogens is 1. The fourth-order valence-corrected chi connectivity index (χ4v) is 3.49. The quantitative estimate of drug-likeness (QED) is 0.535. The molecule has 8 nitrogen and oxygen atoms in total. The lowest BCUT2D eigenvalue weighted by Gasteiger charge is -2.34. The molecule has 0 aliphatic carbocycles. The number of anilines is 1. The second-order valence-corrected chi connectivity index (χ2v) is 7.50. The van der Waals surface area contributed by atoms with Crippen molar-refractivity contribution in [2.45, 2.75) is 6.54 Å². The highest BCUT2D eigenvalue weighted by molar-refractivity contribution is 5.89. The van der Waals surface area contributed by atoms with Crippen molar-refractivity contribution in [2.75, 3.05) is 31.1 Å². The number of aliphatic carboxylic acids is 2. The summed E-state index contributed by atoms with van der Waals surface area (Å²) in [7, 11) is 0. The summed E-state index contributed by atoms with van der Waals surface area (Å²) in [5.41, 5.74) is 2.78. The first-order valence-electron chi connectivity index (χ1n) is 10.6. The van der Waals surface area contributed by atoms with E-state index in [4.69, 9.17) is 10.2 Å². The Bertz CT molecular complexity index is 1120. The van der Waals surface area contributed by atoms with Crippen LogP contribution in [0.5, 0.6) is 0 Å². The molecule has 1 saturated heterocycles. The molecule has 0 atom stereocenters. The van der Waals surface area contributed by atoms with Gasteiger partial charge >= 0.3 is 11.9 Å². The molecular formula is C25H25FN4O4. The topological polar surface area (TPSA) is 107 Å². The number of benzene rings is 2. The molecule has 0 saturated carbocycles. The van der Waals surface area contributed by atoms with E-state index in [1.807, 2.05) is 30.3 Å². The number of rotatable bonds is 6. The van der Waals surface area contributed by atoms with Gasteiger partial charge in [0.2, 0.25) is 5.95 Å². The lowest BCUT2D eigenvalue weighted by atomic mass is 10.0. The van der Waals surface area contributed by atoms with E-state index in [0.29, 0.717) is 17.7 Å². The zero-order valence-corrected chi connectivity index (χ0v) is 18.4. The number of carboxylic acids is 2. The van der Waals surface area contributed by atoms with Crippen molar-refractivity contribution < 1.29 is 24.2 Å². The van der Waals surface area contributed by atoms with Crippen molar-refractivity contribution in [3.05, 3.63) is 90.5 Å². The van der Waals surface area contributed by atoms with Crippen LogP contribution in [0, 0.1) is 5.82 Å². The normalized spacial score (nSPS) is 13.9. The minimum absolute atomic E-state index is 0.180. The molecule has 4 rings (SSSR count). The maximum absolute atomic E-state index is 14.0. The molecule has 0 radical (unpaired) electrons. The maximum Gasteiger partial charge on any atom is 0.328 e. The van der Waals surface area contributed by atoms with Gasteiger partial charge in [-0.15, -0.1) is 0 Å². The number of carbonyl (C=O) groups is 2. The minimum Gasteiger partial charge on any atom is -0.478 e. The molecule has 1 aliphatic heterocycles. The van der Waals surface area contributed by atoms with Crippen LogP contribution in [0.1, 0.15) is 5.56 Å². The molecule has 9 heteroatoms. The summed E-state index contributed by atoms with van der Waals surface area (Å²) < 4.78 is 14.0. The van der Waals surface area contributed by atoms with Gasteiger partial charge in [0.25, 0.3) is 0 Å². The van der Waals surface area contributed by atoms with E-state index in [1.165, 1.54) is 11.6 Å². The van der Waals surface area contributed by atoms with Gasteiger partial charge in [-0.05, 0) is 29.3 Å². The summed E-state index contributed by atoms with van der Waals surface area (Å²) in [5.74, 6) is -1.89. The van der Waals surface area contributed by atoms with Gasteiger partial charge in [-0.1, -0.05) is 36.4 Å². The SMILES string of the molecule is Fc1ccccc1-c1cccc(CN2CCN(c3ncccn3)CC2)c1.O=C(O)/C=C\C(=O)O. The van der Waals surface area contributed by atoms with Crippen LogP contribution in [0.3, 0.4) is 0 Å². The first-order chi connectivity index (χ1) is 16.4. The van der Waals surface area contributed by atoms with Crippen LogP contribution in [-0.4, -0.2) is 63.2 Å². The highest BCUT2D eigenvalue weighted by Gasteiger charge is 2.19. The number of piperazine rings is 1. The van der Waals surface area contributed by atoms with E-state index in [0.717, 1.165) is 44.2 Å². The summed E-state index contributed by atoms with van der Waals surface area (Å²) in [5, 5.41) is 15.6. The van der Waals surface area contributed by atoms with E-state index in [9.17, 15) is 14.0 Å². The highest BCUT2D eigenvalue weighted by atomic mass is 19.1. The Morgan fingerprint density at radius 1 is 0.882 bits per heavy atom. The molecule has 2 N–H and O–H groups in total. The van der Waals surface area contributed by atoms with Crippen LogP contribution in [0.4, 0.5) is 10.3 Å². The van der Waals surface area contributed by atoms with Crippen molar-refractivity contribution in [3.8, 4) is 11.1 Å². The number of hydrogen-bond donors (Lipinski definition) is 2. The number of nitrogens with zero attached hydrogens (tertiary/aromatic N) is 4. The number of carboxylic acid groups (broad SMARTS) is 2. The second kappa shape index (κ2) is 12.2. The van der Waals surface area contributed by atoms with Crippen LogP contribution in [0.25, 0.3) is 11.1 Å². The van der Waals surface area contributed by atoms with Gasteiger partial charge in [0.15, 0.2) is 0 Å². The molecule has 3 aromatic rings. The van der Waals surface area contributed by atoms with Gasteiger partial charge in [0.1, 0.15) is 5.82 Å². The Balaban J connectivity index is 0.000000350. The molecule has 0 bridgehead atoms. The molecule has 0 spiro atoms. The van der Waals surface area contributed by atoms with Gasteiger partial charge in [0, 0.05) is 62.8 Å². The summed E-state index contributed by atoms with van der Waals surface area (Å²) in [6.07, 6.45) is 4.68. The van der Waals surface area contributed by atoms with Crippen molar-refractivity contribution in [1.82, 2.24) is 14.9 Å². The summed E-state index contributed by atoms with van der Waals surface area (Å²) in [6.45, 7) is 4.62. The monoisotopic (exact) mass is 464 g/mol. The molecule has 176 valence electrons. The summed E-state index contributed by atoms with van der Waals surface area (Å²) >= 11 is 0. The molecule has 34 heavy (non-hydrogen) atoms. The third-order valence-corrected chi connectivity index (χ3v) is 5.09. The molecule has 1 fully saturated rings. The van der Waals surface area contributed by atoms with Gasteiger partial charge in [0.05, 0.1) is 0 Å². The third-order valence-electron chi connectivity index (χ3n) is 5.09. The van der Waals surface area contributed by atoms with Crippen molar-refractivity contribution in [2.24, 2.45) is 0 Å². The Labute approximate surface area is 196 Å². The maximum atomic E-state index is 14.0. The van der Waals surface area contributed by atoms with Gasteiger partial charge in [-0.3, -0.25) is 4.90 Å². The predicted octanol–water partition coefficient (Wildman–Crippen LogP) is 3.32.